The Morgan fingerprint density at radius 2 is 2.39 bits per heavy atom. The first-order chi connectivity index (χ1) is 8.81. The van der Waals surface area contributed by atoms with Gasteiger partial charge in [-0.25, -0.2) is 0 Å². The van der Waals surface area contributed by atoms with Crippen LogP contribution in [-0.4, -0.2) is 29.8 Å². The average Bonchev–Trinajstić information content (AvgIpc) is 2.93. The van der Waals surface area contributed by atoms with Gasteiger partial charge in [0.2, 0.25) is 0 Å². The first kappa shape index (κ1) is 13.8. The van der Waals surface area contributed by atoms with E-state index < -0.39 is 0 Å². The Bertz CT molecular complexity index is 361. The quantitative estimate of drug-likeness (QED) is 0.725. The number of ketones is 1. The molecule has 3 heteroatoms. The molecule has 2 heterocycles. The van der Waals surface area contributed by atoms with Gasteiger partial charge in [0.1, 0.15) is 0 Å². The van der Waals surface area contributed by atoms with Crippen molar-refractivity contribution in [2.45, 2.75) is 51.5 Å². The highest BCUT2D eigenvalue weighted by Gasteiger charge is 2.20. The van der Waals surface area contributed by atoms with E-state index in [-0.39, 0.29) is 0 Å². The van der Waals surface area contributed by atoms with E-state index in [0.29, 0.717) is 12.2 Å². The fourth-order valence-electron chi connectivity index (χ4n) is 2.82. The summed E-state index contributed by atoms with van der Waals surface area (Å²) < 4.78 is 0. The van der Waals surface area contributed by atoms with Gasteiger partial charge in [0.15, 0.2) is 5.78 Å². The molecule has 1 atom stereocenters. The fraction of sp³-hybridized carbons (Fsp3) is 0.667. The van der Waals surface area contributed by atoms with Gasteiger partial charge in [-0.15, -0.1) is 11.3 Å². The van der Waals surface area contributed by atoms with Gasteiger partial charge in [-0.3, -0.25) is 4.79 Å². The van der Waals surface area contributed by atoms with Gasteiger partial charge in [0.05, 0.1) is 4.88 Å². The van der Waals surface area contributed by atoms with E-state index in [2.05, 4.69) is 11.8 Å². The summed E-state index contributed by atoms with van der Waals surface area (Å²) in [6, 6.07) is 4.65. The molecule has 1 saturated heterocycles. The molecule has 18 heavy (non-hydrogen) atoms. The molecule has 0 aromatic carbocycles. The zero-order valence-corrected chi connectivity index (χ0v) is 12.0. The topological polar surface area (TPSA) is 20.3 Å². The third-order valence-electron chi connectivity index (χ3n) is 3.87. The Kier molecular flexibility index (Phi) is 5.39. The largest absolute Gasteiger partial charge is 0.300 e. The van der Waals surface area contributed by atoms with E-state index in [4.69, 9.17) is 0 Å². The van der Waals surface area contributed by atoms with Crippen molar-refractivity contribution in [3.05, 3.63) is 22.4 Å². The van der Waals surface area contributed by atoms with Gasteiger partial charge in [0.25, 0.3) is 0 Å². The Labute approximate surface area is 114 Å². The minimum atomic E-state index is 0.315. The van der Waals surface area contributed by atoms with Crippen molar-refractivity contribution in [2.24, 2.45) is 0 Å². The van der Waals surface area contributed by atoms with Crippen LogP contribution in [0.3, 0.4) is 0 Å². The van der Waals surface area contributed by atoms with Crippen molar-refractivity contribution in [3.63, 3.8) is 0 Å². The van der Waals surface area contributed by atoms with Crippen molar-refractivity contribution >= 4 is 17.1 Å². The van der Waals surface area contributed by atoms with Gasteiger partial charge in [0, 0.05) is 12.5 Å². The standard InChI is InChI=1S/C15H23NOS/c1-2-13-7-3-4-10-16(13)11-5-8-14(17)15-9-6-12-18-15/h6,9,12-13H,2-5,7-8,10-11H2,1H3. The molecular weight excluding hydrogens is 242 g/mol. The Hall–Kier alpha value is -0.670. The summed E-state index contributed by atoms with van der Waals surface area (Å²) in [5.41, 5.74) is 0. The second kappa shape index (κ2) is 7.05. The van der Waals surface area contributed by atoms with Crippen LogP contribution >= 0.6 is 11.3 Å². The fourth-order valence-corrected chi connectivity index (χ4v) is 3.51. The van der Waals surface area contributed by atoms with Gasteiger partial charge in [-0.2, -0.15) is 0 Å². The molecule has 0 amide bonds. The normalized spacial score (nSPS) is 21.1. The maximum absolute atomic E-state index is 11.9. The van der Waals surface area contributed by atoms with Gasteiger partial charge < -0.3 is 4.90 Å². The predicted octanol–water partition coefficient (Wildman–Crippen LogP) is 3.98. The van der Waals surface area contributed by atoms with Crippen molar-refractivity contribution in [1.82, 2.24) is 4.90 Å². The SMILES string of the molecule is CCC1CCCCN1CCCC(=O)c1cccs1. The van der Waals surface area contributed by atoms with E-state index >= 15 is 0 Å². The lowest BCUT2D eigenvalue weighted by atomic mass is 9.99. The minimum absolute atomic E-state index is 0.315. The number of carbonyl (C=O) groups is 1. The second-order valence-corrected chi connectivity index (χ2v) is 6.05. The van der Waals surface area contributed by atoms with Crippen molar-refractivity contribution in [3.8, 4) is 0 Å². The number of hydrogen-bond acceptors (Lipinski definition) is 3. The lowest BCUT2D eigenvalue weighted by Gasteiger charge is -2.35. The van der Waals surface area contributed by atoms with Crippen LogP contribution in [-0.2, 0) is 0 Å². The summed E-state index contributed by atoms with van der Waals surface area (Å²) in [5.74, 6) is 0.315. The highest BCUT2D eigenvalue weighted by molar-refractivity contribution is 7.12. The Morgan fingerprint density at radius 3 is 3.11 bits per heavy atom. The highest BCUT2D eigenvalue weighted by atomic mass is 32.1. The lowest BCUT2D eigenvalue weighted by Crippen LogP contribution is -2.39. The molecule has 0 N–H and O–H groups in total. The van der Waals surface area contributed by atoms with Crippen LogP contribution in [0.25, 0.3) is 0 Å². The highest BCUT2D eigenvalue weighted by Crippen LogP contribution is 2.20. The first-order valence-corrected chi connectivity index (χ1v) is 8.00. The molecule has 0 spiro atoms. The smallest absolute Gasteiger partial charge is 0.172 e. The summed E-state index contributed by atoms with van der Waals surface area (Å²) in [5, 5.41) is 1.98. The Balaban J connectivity index is 1.72. The van der Waals surface area contributed by atoms with Crippen LogP contribution in [0.5, 0.6) is 0 Å². The molecule has 1 fully saturated rings. The third kappa shape index (κ3) is 3.66. The van der Waals surface area contributed by atoms with Crippen LogP contribution in [0, 0.1) is 0 Å². The van der Waals surface area contributed by atoms with Gasteiger partial charge in [-0.05, 0) is 50.2 Å². The number of thiophene rings is 1. The molecule has 0 saturated carbocycles. The molecule has 100 valence electrons. The van der Waals surface area contributed by atoms with E-state index in [0.717, 1.165) is 23.9 Å². The minimum Gasteiger partial charge on any atom is -0.300 e. The number of piperidine rings is 1. The molecule has 1 aliphatic rings. The number of rotatable bonds is 6. The summed E-state index contributed by atoms with van der Waals surface area (Å²) >= 11 is 1.56. The second-order valence-electron chi connectivity index (χ2n) is 5.10. The first-order valence-electron chi connectivity index (χ1n) is 7.12. The summed E-state index contributed by atoms with van der Waals surface area (Å²) in [6.07, 6.45) is 7.01. The molecule has 0 radical (unpaired) electrons. The van der Waals surface area contributed by atoms with Crippen molar-refractivity contribution in [1.29, 1.82) is 0 Å². The molecule has 1 aromatic heterocycles. The van der Waals surface area contributed by atoms with E-state index in [1.54, 1.807) is 11.3 Å². The molecule has 1 aromatic rings. The zero-order valence-electron chi connectivity index (χ0n) is 11.2. The van der Waals surface area contributed by atoms with Crippen molar-refractivity contribution < 1.29 is 4.79 Å². The molecule has 1 aliphatic heterocycles. The predicted molar refractivity (Wildman–Crippen MR) is 77.4 cm³/mol. The molecular formula is C15H23NOS. The van der Waals surface area contributed by atoms with E-state index in [1.807, 2.05) is 17.5 Å². The third-order valence-corrected chi connectivity index (χ3v) is 4.78. The maximum atomic E-state index is 11.9. The molecule has 1 unspecified atom stereocenters. The van der Waals surface area contributed by atoms with Crippen molar-refractivity contribution in [2.75, 3.05) is 13.1 Å². The number of hydrogen-bond donors (Lipinski definition) is 0. The monoisotopic (exact) mass is 265 g/mol. The van der Waals surface area contributed by atoms with Crippen LogP contribution < -0.4 is 0 Å². The number of Topliss-reactive ketones (excluding diaryl/α,β-unsaturated/α-hetero) is 1. The van der Waals surface area contributed by atoms with Gasteiger partial charge in [-0.1, -0.05) is 19.4 Å². The van der Waals surface area contributed by atoms with Crippen LogP contribution in [0.15, 0.2) is 17.5 Å². The molecule has 0 aliphatic carbocycles. The average molecular weight is 265 g/mol. The summed E-state index contributed by atoms with van der Waals surface area (Å²) in [4.78, 5) is 15.4. The molecule has 2 rings (SSSR count). The number of likely N-dealkylation sites (tertiary alicyclic amines) is 1. The van der Waals surface area contributed by atoms with E-state index in [9.17, 15) is 4.79 Å². The zero-order chi connectivity index (χ0) is 12.8. The van der Waals surface area contributed by atoms with Crippen LogP contribution in [0.1, 0.15) is 55.1 Å². The summed E-state index contributed by atoms with van der Waals surface area (Å²) in [7, 11) is 0. The number of carbonyl (C=O) groups excluding carboxylic acids is 1. The summed E-state index contributed by atoms with van der Waals surface area (Å²) in [6.45, 7) is 4.60. The Morgan fingerprint density at radius 1 is 1.50 bits per heavy atom. The number of nitrogens with zero attached hydrogens (tertiary/aromatic N) is 1. The lowest BCUT2D eigenvalue weighted by molar-refractivity contribution is 0.0963. The van der Waals surface area contributed by atoms with Crippen LogP contribution in [0.4, 0.5) is 0 Å². The van der Waals surface area contributed by atoms with Gasteiger partial charge >= 0.3 is 0 Å². The van der Waals surface area contributed by atoms with Crippen LogP contribution in [0.2, 0.25) is 0 Å². The van der Waals surface area contributed by atoms with E-state index in [1.165, 1.54) is 32.2 Å². The molecule has 0 bridgehead atoms. The molecule has 2 nitrogen and oxygen atoms in total. The maximum Gasteiger partial charge on any atom is 0.172 e.